The number of aryl methyl sites for hydroxylation is 1. The number of nitrogens with zero attached hydrogens (tertiary/aromatic N) is 4. The van der Waals surface area contributed by atoms with Gasteiger partial charge in [-0.15, -0.1) is 0 Å². The maximum Gasteiger partial charge on any atom is 0.407 e. The summed E-state index contributed by atoms with van der Waals surface area (Å²) in [6, 6.07) is 10.3. The van der Waals surface area contributed by atoms with Crippen LogP contribution in [0.2, 0.25) is 0 Å². The number of aromatic nitrogens is 3. The van der Waals surface area contributed by atoms with Crippen molar-refractivity contribution >= 4 is 28.5 Å². The van der Waals surface area contributed by atoms with E-state index in [4.69, 9.17) is 15.5 Å². The Bertz CT molecular complexity index is 1620. The Kier molecular flexibility index (Phi) is 7.42. The number of hydrogen-bond donors (Lipinski definition) is 3. The molecular formula is C31H35FN6O3. The second kappa shape index (κ2) is 10.8. The van der Waals surface area contributed by atoms with Gasteiger partial charge in [-0.1, -0.05) is 39.8 Å². The van der Waals surface area contributed by atoms with Gasteiger partial charge in [0, 0.05) is 58.8 Å². The number of nitrogens with two attached hydrogens (primary N) is 1. The molecule has 214 valence electrons. The Labute approximate surface area is 238 Å². The minimum Gasteiger partial charge on any atom is -0.465 e. The average molecular weight is 559 g/mol. The summed E-state index contributed by atoms with van der Waals surface area (Å²) < 4.78 is 20.6. The van der Waals surface area contributed by atoms with Gasteiger partial charge in [0.15, 0.2) is 0 Å². The highest BCUT2D eigenvalue weighted by Crippen LogP contribution is 2.41. The molecule has 3 heterocycles. The molecule has 0 unspecified atom stereocenters. The van der Waals surface area contributed by atoms with E-state index in [9.17, 15) is 14.3 Å². The minimum absolute atomic E-state index is 0.0684. The van der Waals surface area contributed by atoms with Gasteiger partial charge >= 0.3 is 6.09 Å². The molecule has 1 saturated heterocycles. The molecule has 1 aliphatic heterocycles. The molecule has 5 rings (SSSR count). The Morgan fingerprint density at radius 2 is 1.90 bits per heavy atom. The Balaban J connectivity index is 1.54. The van der Waals surface area contributed by atoms with E-state index in [1.165, 1.54) is 11.0 Å². The topological polar surface area (TPSA) is 126 Å². The van der Waals surface area contributed by atoms with Gasteiger partial charge in [0.1, 0.15) is 11.6 Å². The predicted octanol–water partition coefficient (Wildman–Crippen LogP) is 6.61. The fourth-order valence-electron chi connectivity index (χ4n) is 5.21. The van der Waals surface area contributed by atoms with E-state index >= 15 is 0 Å². The number of nitrogens with one attached hydrogen (secondary N) is 1. The first-order valence-electron chi connectivity index (χ1n) is 13.7. The molecule has 0 spiro atoms. The normalized spacial score (nSPS) is 17.5. The second-order valence-corrected chi connectivity index (χ2v) is 11.7. The summed E-state index contributed by atoms with van der Waals surface area (Å²) in [4.78, 5) is 27.1. The Hall–Kier alpha value is -4.47. The minimum atomic E-state index is -0.922. The quantitative estimate of drug-likeness (QED) is 0.234. The lowest BCUT2D eigenvalue weighted by molar-refractivity contribution is 0.122. The number of piperidine rings is 1. The van der Waals surface area contributed by atoms with E-state index in [2.05, 4.69) is 43.0 Å². The van der Waals surface area contributed by atoms with Crippen LogP contribution in [0.15, 0.2) is 48.8 Å². The summed E-state index contributed by atoms with van der Waals surface area (Å²) in [5.74, 6) is 1.12. The number of nitrogen functional groups attached to an aromatic ring is 1. The molecule has 4 N–H and O–H groups in total. The van der Waals surface area contributed by atoms with Crippen molar-refractivity contribution in [2.45, 2.75) is 52.5 Å². The number of fused-ring (bicyclic) bond motifs is 1. The van der Waals surface area contributed by atoms with Crippen molar-refractivity contribution in [2.24, 2.45) is 5.92 Å². The van der Waals surface area contributed by atoms with Gasteiger partial charge in [0.05, 0.1) is 11.4 Å². The van der Waals surface area contributed by atoms with Gasteiger partial charge in [-0.3, -0.25) is 0 Å². The van der Waals surface area contributed by atoms with Crippen molar-refractivity contribution < 1.29 is 19.0 Å². The van der Waals surface area contributed by atoms with Crippen LogP contribution in [0.4, 0.5) is 20.8 Å². The Morgan fingerprint density at radius 3 is 2.63 bits per heavy atom. The Morgan fingerprint density at radius 1 is 1.15 bits per heavy atom. The van der Waals surface area contributed by atoms with E-state index in [1.807, 2.05) is 25.1 Å². The molecule has 4 aromatic rings. The van der Waals surface area contributed by atoms with Gasteiger partial charge in [0.2, 0.25) is 11.8 Å². The summed E-state index contributed by atoms with van der Waals surface area (Å²) in [5, 5.41) is 14.1. The molecule has 1 aliphatic rings. The molecule has 0 saturated carbocycles. The largest absolute Gasteiger partial charge is 0.465 e. The monoisotopic (exact) mass is 558 g/mol. The zero-order chi connectivity index (χ0) is 29.5. The standard InChI is InChI=1S/C31H35FN6O3/c1-17-12-14-38(30(39)40)16-24(17)36-29-35-15-22(27(37-29)31(3,4)5)21-7-6-13-34-28(21)41-26-18(2)8-9-19-20(26)10-11-23(32)25(19)33/h6-11,13,15,17,24H,12,14,16,33H2,1-5H3,(H,39,40)(H,35,36,37)/t17-,24-/m1/s1. The number of pyridine rings is 1. The third-order valence-electron chi connectivity index (χ3n) is 7.64. The van der Waals surface area contributed by atoms with Gasteiger partial charge in [-0.05, 0) is 49.1 Å². The third-order valence-corrected chi connectivity index (χ3v) is 7.64. The van der Waals surface area contributed by atoms with Crippen molar-refractivity contribution in [3.05, 3.63) is 65.9 Å². The lowest BCUT2D eigenvalue weighted by Gasteiger charge is -2.36. The van der Waals surface area contributed by atoms with Crippen LogP contribution in [0.3, 0.4) is 0 Å². The van der Waals surface area contributed by atoms with E-state index in [0.29, 0.717) is 47.0 Å². The smallest absolute Gasteiger partial charge is 0.407 e. The fourth-order valence-corrected chi connectivity index (χ4v) is 5.21. The van der Waals surface area contributed by atoms with Crippen molar-refractivity contribution in [3.8, 4) is 22.8 Å². The van der Waals surface area contributed by atoms with Crippen LogP contribution >= 0.6 is 0 Å². The van der Waals surface area contributed by atoms with Gasteiger partial charge in [0.25, 0.3) is 0 Å². The lowest BCUT2D eigenvalue weighted by atomic mass is 9.87. The molecule has 10 heteroatoms. The molecule has 1 fully saturated rings. The van der Waals surface area contributed by atoms with Crippen LogP contribution in [-0.2, 0) is 5.41 Å². The average Bonchev–Trinajstić information content (AvgIpc) is 2.93. The molecule has 2 atom stereocenters. The van der Waals surface area contributed by atoms with Gasteiger partial charge in [-0.2, -0.15) is 0 Å². The van der Waals surface area contributed by atoms with Crippen molar-refractivity contribution in [3.63, 3.8) is 0 Å². The summed E-state index contributed by atoms with van der Waals surface area (Å²) >= 11 is 0. The van der Waals surface area contributed by atoms with E-state index in [-0.39, 0.29) is 23.1 Å². The number of rotatable bonds is 5. The predicted molar refractivity (Wildman–Crippen MR) is 158 cm³/mol. The van der Waals surface area contributed by atoms with Crippen LogP contribution in [0.25, 0.3) is 21.9 Å². The maximum atomic E-state index is 14.2. The highest BCUT2D eigenvalue weighted by atomic mass is 19.1. The van der Waals surface area contributed by atoms with Crippen molar-refractivity contribution in [1.29, 1.82) is 0 Å². The first-order valence-corrected chi connectivity index (χ1v) is 13.7. The van der Waals surface area contributed by atoms with Crippen LogP contribution in [0.1, 0.15) is 45.4 Å². The number of benzene rings is 2. The molecule has 0 aliphatic carbocycles. The SMILES string of the molecule is Cc1ccc2c(N)c(F)ccc2c1Oc1ncccc1-c1cnc(N[C@@H]2CN(C(=O)O)CC[C@H]2C)nc1C(C)(C)C. The van der Waals surface area contributed by atoms with Gasteiger partial charge in [-0.25, -0.2) is 24.1 Å². The lowest BCUT2D eigenvalue weighted by Crippen LogP contribution is -2.48. The molecule has 0 radical (unpaired) electrons. The van der Waals surface area contributed by atoms with Crippen LogP contribution in [0.5, 0.6) is 11.6 Å². The highest BCUT2D eigenvalue weighted by Gasteiger charge is 2.30. The molecule has 2 aromatic heterocycles. The number of anilines is 2. The first-order chi connectivity index (χ1) is 19.4. The summed E-state index contributed by atoms with van der Waals surface area (Å²) in [6.45, 7) is 11.1. The van der Waals surface area contributed by atoms with Crippen LogP contribution < -0.4 is 15.8 Å². The number of hydrogen-bond acceptors (Lipinski definition) is 7. The second-order valence-electron chi connectivity index (χ2n) is 11.7. The molecule has 1 amide bonds. The number of likely N-dealkylation sites (tertiary alicyclic amines) is 1. The number of carbonyl (C=O) groups is 1. The zero-order valence-corrected chi connectivity index (χ0v) is 23.9. The van der Waals surface area contributed by atoms with Crippen LogP contribution in [-0.4, -0.2) is 50.2 Å². The molecule has 9 nitrogen and oxygen atoms in total. The fraction of sp³-hybridized carbons (Fsp3) is 0.355. The number of carboxylic acid groups (broad SMARTS) is 1. The van der Waals surface area contributed by atoms with Crippen molar-refractivity contribution in [1.82, 2.24) is 19.9 Å². The van der Waals surface area contributed by atoms with Crippen molar-refractivity contribution in [2.75, 3.05) is 24.1 Å². The van der Waals surface area contributed by atoms with E-state index in [1.54, 1.807) is 24.5 Å². The molecule has 41 heavy (non-hydrogen) atoms. The van der Waals surface area contributed by atoms with E-state index in [0.717, 1.165) is 23.2 Å². The number of amides is 1. The van der Waals surface area contributed by atoms with E-state index < -0.39 is 11.9 Å². The summed E-state index contributed by atoms with van der Waals surface area (Å²) in [5.41, 5.74) is 8.84. The van der Waals surface area contributed by atoms with Crippen LogP contribution in [0, 0.1) is 18.7 Å². The summed E-state index contributed by atoms with van der Waals surface area (Å²) in [6.07, 6.45) is 3.25. The molecule has 2 aromatic carbocycles. The third kappa shape index (κ3) is 5.59. The molecular weight excluding hydrogens is 523 g/mol. The molecule has 0 bridgehead atoms. The highest BCUT2D eigenvalue weighted by molar-refractivity contribution is 5.98. The first kappa shape index (κ1) is 28.1. The number of halogens is 1. The summed E-state index contributed by atoms with van der Waals surface area (Å²) in [7, 11) is 0. The number of ether oxygens (including phenoxy) is 1. The van der Waals surface area contributed by atoms with Gasteiger partial charge < -0.3 is 25.8 Å². The maximum absolute atomic E-state index is 14.2. The zero-order valence-electron chi connectivity index (χ0n) is 23.9.